The molecule has 20 heavy (non-hydrogen) atoms. The predicted octanol–water partition coefficient (Wildman–Crippen LogP) is 4.07. The van der Waals surface area contributed by atoms with Crippen LogP contribution in [0.5, 0.6) is 0 Å². The van der Waals surface area contributed by atoms with Gasteiger partial charge >= 0.3 is 5.97 Å². The molecule has 4 heteroatoms. The van der Waals surface area contributed by atoms with Gasteiger partial charge in [-0.25, -0.2) is 4.39 Å². The molecular formula is C16H13FO2S. The van der Waals surface area contributed by atoms with Gasteiger partial charge in [-0.2, -0.15) is 0 Å². The standard InChI is InChI=1S/C16H13FO2S/c1-9(16(18)19)10-3-5-14-12(6-10)7-11-2-4-13(17)8-15(11)20-14/h2-6,8-9H,7H2,1H3,(H,18,19). The quantitative estimate of drug-likeness (QED) is 0.772. The van der Waals surface area contributed by atoms with Gasteiger partial charge in [-0.1, -0.05) is 30.0 Å². The summed E-state index contributed by atoms with van der Waals surface area (Å²) in [5, 5.41) is 9.08. The Bertz CT molecular complexity index is 697. The van der Waals surface area contributed by atoms with Crippen LogP contribution in [-0.4, -0.2) is 11.1 Å². The average Bonchev–Trinajstić information content (AvgIpc) is 2.43. The molecule has 0 amide bonds. The first kappa shape index (κ1) is 13.2. The van der Waals surface area contributed by atoms with Crippen molar-refractivity contribution in [2.45, 2.75) is 29.1 Å². The first-order valence-corrected chi connectivity index (χ1v) is 7.18. The lowest BCUT2D eigenvalue weighted by molar-refractivity contribution is -0.138. The molecule has 0 bridgehead atoms. The van der Waals surface area contributed by atoms with Gasteiger partial charge in [0.1, 0.15) is 5.82 Å². The number of fused-ring (bicyclic) bond motifs is 2. The zero-order chi connectivity index (χ0) is 14.3. The van der Waals surface area contributed by atoms with E-state index in [9.17, 15) is 9.18 Å². The Morgan fingerprint density at radius 2 is 2.00 bits per heavy atom. The molecule has 2 aromatic carbocycles. The van der Waals surface area contributed by atoms with Crippen LogP contribution < -0.4 is 0 Å². The van der Waals surface area contributed by atoms with E-state index in [0.29, 0.717) is 0 Å². The Balaban J connectivity index is 1.98. The molecule has 102 valence electrons. The van der Waals surface area contributed by atoms with Crippen LogP contribution in [-0.2, 0) is 11.2 Å². The monoisotopic (exact) mass is 288 g/mol. The minimum absolute atomic E-state index is 0.226. The third-order valence-electron chi connectivity index (χ3n) is 3.58. The molecule has 0 saturated carbocycles. The second kappa shape index (κ2) is 4.94. The molecule has 2 aromatic rings. The number of carboxylic acid groups (broad SMARTS) is 1. The number of rotatable bonds is 2. The molecule has 0 fully saturated rings. The van der Waals surface area contributed by atoms with E-state index in [2.05, 4.69) is 0 Å². The fourth-order valence-corrected chi connectivity index (χ4v) is 3.42. The molecule has 1 N–H and O–H groups in total. The molecule has 3 rings (SSSR count). The highest BCUT2D eigenvalue weighted by Crippen LogP contribution is 2.40. The van der Waals surface area contributed by atoms with E-state index in [4.69, 9.17) is 5.11 Å². The van der Waals surface area contributed by atoms with Crippen molar-refractivity contribution in [3.8, 4) is 0 Å². The molecule has 0 aromatic heterocycles. The number of carboxylic acids is 1. The summed E-state index contributed by atoms with van der Waals surface area (Å²) in [6.07, 6.45) is 0.720. The Labute approximate surface area is 120 Å². The number of halogens is 1. The van der Waals surface area contributed by atoms with E-state index in [1.54, 1.807) is 19.1 Å². The second-order valence-corrected chi connectivity index (χ2v) is 6.04. The van der Waals surface area contributed by atoms with Crippen LogP contribution in [0.15, 0.2) is 46.2 Å². The van der Waals surface area contributed by atoms with Crippen molar-refractivity contribution in [3.63, 3.8) is 0 Å². The van der Waals surface area contributed by atoms with Gasteiger partial charge in [0.05, 0.1) is 5.92 Å². The Kier molecular flexibility index (Phi) is 3.26. The van der Waals surface area contributed by atoms with Gasteiger partial charge in [-0.15, -0.1) is 0 Å². The lowest BCUT2D eigenvalue weighted by Gasteiger charge is -2.20. The van der Waals surface area contributed by atoms with Crippen molar-refractivity contribution in [3.05, 3.63) is 58.9 Å². The van der Waals surface area contributed by atoms with E-state index in [-0.39, 0.29) is 5.82 Å². The van der Waals surface area contributed by atoms with E-state index < -0.39 is 11.9 Å². The fraction of sp³-hybridized carbons (Fsp3) is 0.188. The first-order chi connectivity index (χ1) is 9.54. The summed E-state index contributed by atoms with van der Waals surface area (Å²) in [6, 6.07) is 10.5. The number of benzene rings is 2. The maximum atomic E-state index is 13.3. The van der Waals surface area contributed by atoms with Crippen molar-refractivity contribution >= 4 is 17.7 Å². The van der Waals surface area contributed by atoms with Crippen LogP contribution >= 0.6 is 11.8 Å². The van der Waals surface area contributed by atoms with Crippen molar-refractivity contribution in [1.29, 1.82) is 0 Å². The normalized spacial score (nSPS) is 14.3. The maximum Gasteiger partial charge on any atom is 0.310 e. The van der Waals surface area contributed by atoms with Gasteiger partial charge in [0.25, 0.3) is 0 Å². The first-order valence-electron chi connectivity index (χ1n) is 6.36. The largest absolute Gasteiger partial charge is 0.481 e. The Hall–Kier alpha value is -1.81. The molecule has 0 saturated heterocycles. The lowest BCUT2D eigenvalue weighted by Crippen LogP contribution is -2.09. The van der Waals surface area contributed by atoms with Gasteiger partial charge in [0, 0.05) is 9.79 Å². The molecule has 1 aliphatic heterocycles. The van der Waals surface area contributed by atoms with E-state index in [1.165, 1.54) is 17.8 Å². The average molecular weight is 288 g/mol. The molecule has 0 radical (unpaired) electrons. The van der Waals surface area contributed by atoms with Crippen LogP contribution in [0.4, 0.5) is 4.39 Å². The topological polar surface area (TPSA) is 37.3 Å². The number of aliphatic carboxylic acids is 1. The maximum absolute atomic E-state index is 13.3. The van der Waals surface area contributed by atoms with Crippen LogP contribution in [0.3, 0.4) is 0 Å². The molecule has 1 aliphatic rings. The van der Waals surface area contributed by atoms with Crippen LogP contribution in [0, 0.1) is 5.82 Å². The van der Waals surface area contributed by atoms with Gasteiger partial charge < -0.3 is 5.11 Å². The highest BCUT2D eigenvalue weighted by Gasteiger charge is 2.20. The minimum atomic E-state index is -0.823. The summed E-state index contributed by atoms with van der Waals surface area (Å²) in [6.45, 7) is 1.68. The van der Waals surface area contributed by atoms with E-state index in [1.807, 2.05) is 18.2 Å². The molecule has 0 spiro atoms. The summed E-state index contributed by atoms with van der Waals surface area (Å²) in [5.74, 6) is -1.56. The SMILES string of the molecule is CC(C(=O)O)c1ccc2c(c1)Cc1ccc(F)cc1S2. The summed E-state index contributed by atoms with van der Waals surface area (Å²) < 4.78 is 13.3. The summed E-state index contributed by atoms with van der Waals surface area (Å²) in [5.41, 5.74) is 3.01. The van der Waals surface area contributed by atoms with Crippen molar-refractivity contribution < 1.29 is 14.3 Å². The molecule has 1 atom stereocenters. The molecule has 2 nitrogen and oxygen atoms in total. The molecule has 1 unspecified atom stereocenters. The van der Waals surface area contributed by atoms with E-state index >= 15 is 0 Å². The molecule has 0 aliphatic carbocycles. The highest BCUT2D eigenvalue weighted by molar-refractivity contribution is 7.99. The van der Waals surface area contributed by atoms with Crippen molar-refractivity contribution in [2.75, 3.05) is 0 Å². The number of hydrogen-bond acceptors (Lipinski definition) is 2. The predicted molar refractivity (Wildman–Crippen MR) is 75.8 cm³/mol. The van der Waals surface area contributed by atoms with Crippen LogP contribution in [0.2, 0.25) is 0 Å². The lowest BCUT2D eigenvalue weighted by atomic mass is 9.96. The third-order valence-corrected chi connectivity index (χ3v) is 4.80. The fourth-order valence-electron chi connectivity index (χ4n) is 2.34. The zero-order valence-electron chi connectivity index (χ0n) is 10.9. The van der Waals surface area contributed by atoms with Crippen molar-refractivity contribution in [1.82, 2.24) is 0 Å². The number of hydrogen-bond donors (Lipinski definition) is 1. The Morgan fingerprint density at radius 1 is 1.20 bits per heavy atom. The van der Waals surface area contributed by atoms with E-state index in [0.717, 1.165) is 32.9 Å². The van der Waals surface area contributed by atoms with Crippen LogP contribution in [0.1, 0.15) is 29.5 Å². The number of carbonyl (C=O) groups is 1. The molecular weight excluding hydrogens is 275 g/mol. The third kappa shape index (κ3) is 2.31. The highest BCUT2D eigenvalue weighted by atomic mass is 32.2. The molecule has 1 heterocycles. The Morgan fingerprint density at radius 3 is 2.75 bits per heavy atom. The van der Waals surface area contributed by atoms with Crippen molar-refractivity contribution in [2.24, 2.45) is 0 Å². The minimum Gasteiger partial charge on any atom is -0.481 e. The summed E-state index contributed by atoms with van der Waals surface area (Å²) in [4.78, 5) is 13.1. The smallest absolute Gasteiger partial charge is 0.310 e. The van der Waals surface area contributed by atoms with Gasteiger partial charge in [0.2, 0.25) is 0 Å². The zero-order valence-corrected chi connectivity index (χ0v) is 11.7. The van der Waals surface area contributed by atoms with Crippen LogP contribution in [0.25, 0.3) is 0 Å². The van der Waals surface area contributed by atoms with Gasteiger partial charge in [-0.05, 0) is 48.2 Å². The second-order valence-electron chi connectivity index (χ2n) is 4.96. The van der Waals surface area contributed by atoms with Gasteiger partial charge in [-0.3, -0.25) is 4.79 Å². The van der Waals surface area contributed by atoms with Gasteiger partial charge in [0.15, 0.2) is 0 Å². The summed E-state index contributed by atoms with van der Waals surface area (Å²) >= 11 is 1.54. The summed E-state index contributed by atoms with van der Waals surface area (Å²) in [7, 11) is 0.